The standard InChI is InChI=1S/C22H28FN2O3P/c1-15-14-25(22(26)27)16(2)13-24(15)21(17-9-11-18(23)12-10-17)19-7-5-6-8-20(19)29(3,4)28/h5-12,15-16,21H,13-14H2,1-4H3,(H,26,27)/t15-,16+,21?/m1/s1. The smallest absolute Gasteiger partial charge is 0.407 e. The number of amides is 1. The molecule has 3 rings (SSSR count). The fourth-order valence-electron chi connectivity index (χ4n) is 4.18. The van der Waals surface area contributed by atoms with E-state index in [-0.39, 0.29) is 23.9 Å². The lowest BCUT2D eigenvalue weighted by Gasteiger charge is -2.47. The zero-order valence-corrected chi connectivity index (χ0v) is 18.1. The van der Waals surface area contributed by atoms with Gasteiger partial charge in [0.25, 0.3) is 0 Å². The normalized spacial score (nSPS) is 21.8. The predicted octanol–water partition coefficient (Wildman–Crippen LogP) is 4.24. The van der Waals surface area contributed by atoms with Crippen LogP contribution in [0.2, 0.25) is 0 Å². The third-order valence-corrected chi connectivity index (χ3v) is 7.18. The Morgan fingerprint density at radius 2 is 1.69 bits per heavy atom. The van der Waals surface area contributed by atoms with Gasteiger partial charge in [-0.15, -0.1) is 0 Å². The van der Waals surface area contributed by atoms with Gasteiger partial charge in [-0.1, -0.05) is 36.4 Å². The summed E-state index contributed by atoms with van der Waals surface area (Å²) >= 11 is 0. The van der Waals surface area contributed by atoms with E-state index in [2.05, 4.69) is 4.90 Å². The lowest BCUT2D eigenvalue weighted by atomic mass is 9.93. The van der Waals surface area contributed by atoms with Gasteiger partial charge >= 0.3 is 6.09 Å². The first-order valence-electron chi connectivity index (χ1n) is 9.75. The van der Waals surface area contributed by atoms with Crippen LogP contribution < -0.4 is 5.30 Å². The molecule has 1 amide bonds. The maximum absolute atomic E-state index is 13.6. The van der Waals surface area contributed by atoms with Gasteiger partial charge in [-0.2, -0.15) is 0 Å². The summed E-state index contributed by atoms with van der Waals surface area (Å²) in [6.45, 7) is 8.31. The highest BCUT2D eigenvalue weighted by atomic mass is 31.2. The minimum atomic E-state index is -2.56. The van der Waals surface area contributed by atoms with Crippen LogP contribution in [0.4, 0.5) is 9.18 Å². The number of carbonyl (C=O) groups is 1. The van der Waals surface area contributed by atoms with Gasteiger partial charge in [0.15, 0.2) is 0 Å². The summed E-state index contributed by atoms with van der Waals surface area (Å²) in [5.41, 5.74) is 1.82. The highest BCUT2D eigenvalue weighted by Crippen LogP contribution is 2.41. The third-order valence-electron chi connectivity index (χ3n) is 5.61. The maximum Gasteiger partial charge on any atom is 0.407 e. The van der Waals surface area contributed by atoms with Crippen molar-refractivity contribution in [3.05, 3.63) is 65.5 Å². The molecule has 1 heterocycles. The average Bonchev–Trinajstić information content (AvgIpc) is 2.65. The number of piperazine rings is 1. The second-order valence-electron chi connectivity index (χ2n) is 8.19. The lowest BCUT2D eigenvalue weighted by Crippen LogP contribution is -2.58. The minimum Gasteiger partial charge on any atom is -0.465 e. The molecule has 1 fully saturated rings. The first-order chi connectivity index (χ1) is 13.6. The number of rotatable bonds is 4. The van der Waals surface area contributed by atoms with E-state index in [1.54, 1.807) is 25.5 Å². The third kappa shape index (κ3) is 4.54. The molecule has 0 saturated carbocycles. The Labute approximate surface area is 171 Å². The van der Waals surface area contributed by atoms with Gasteiger partial charge in [0.1, 0.15) is 13.0 Å². The molecule has 0 spiro atoms. The molecule has 0 aliphatic carbocycles. The van der Waals surface area contributed by atoms with E-state index >= 15 is 0 Å². The summed E-state index contributed by atoms with van der Waals surface area (Å²) in [7, 11) is -2.56. The van der Waals surface area contributed by atoms with Crippen LogP contribution in [0.1, 0.15) is 31.0 Å². The quantitative estimate of drug-likeness (QED) is 0.755. The Kier molecular flexibility index (Phi) is 6.16. The monoisotopic (exact) mass is 418 g/mol. The van der Waals surface area contributed by atoms with Gasteiger partial charge in [0, 0.05) is 30.5 Å². The van der Waals surface area contributed by atoms with Crippen LogP contribution in [-0.2, 0) is 4.57 Å². The summed E-state index contributed by atoms with van der Waals surface area (Å²) in [6, 6.07) is 13.6. The van der Waals surface area contributed by atoms with Crippen molar-refractivity contribution in [2.45, 2.75) is 32.0 Å². The van der Waals surface area contributed by atoms with E-state index in [4.69, 9.17) is 0 Å². The minimum absolute atomic E-state index is 0.0569. The molecule has 1 aliphatic rings. The van der Waals surface area contributed by atoms with E-state index in [1.807, 2.05) is 38.1 Å². The highest BCUT2D eigenvalue weighted by Gasteiger charge is 2.38. The van der Waals surface area contributed by atoms with Crippen LogP contribution in [0.3, 0.4) is 0 Å². The van der Waals surface area contributed by atoms with Crippen LogP contribution in [0.15, 0.2) is 48.5 Å². The van der Waals surface area contributed by atoms with Crippen molar-refractivity contribution < 1.29 is 18.9 Å². The molecule has 7 heteroatoms. The molecule has 2 aromatic carbocycles. The zero-order valence-electron chi connectivity index (χ0n) is 17.2. The Hall–Kier alpha value is -2.17. The number of hydrogen-bond donors (Lipinski definition) is 1. The SMILES string of the molecule is C[C@@H]1CN(C(=O)O)[C@@H](C)CN1C(c1ccc(F)cc1)c1ccccc1P(C)(C)=O. The van der Waals surface area contributed by atoms with Gasteiger partial charge in [0.2, 0.25) is 0 Å². The molecule has 29 heavy (non-hydrogen) atoms. The van der Waals surface area contributed by atoms with E-state index in [0.29, 0.717) is 13.1 Å². The van der Waals surface area contributed by atoms with Gasteiger partial charge in [-0.05, 0) is 50.4 Å². The fourth-order valence-corrected chi connectivity index (χ4v) is 5.45. The van der Waals surface area contributed by atoms with Crippen molar-refractivity contribution in [2.24, 2.45) is 0 Å². The van der Waals surface area contributed by atoms with E-state index in [0.717, 1.165) is 16.4 Å². The van der Waals surface area contributed by atoms with Crippen molar-refractivity contribution in [2.75, 3.05) is 26.4 Å². The predicted molar refractivity (Wildman–Crippen MR) is 114 cm³/mol. The molecular weight excluding hydrogens is 390 g/mol. The Morgan fingerprint density at radius 1 is 1.07 bits per heavy atom. The number of nitrogens with zero attached hydrogens (tertiary/aromatic N) is 2. The molecule has 5 nitrogen and oxygen atoms in total. The fraction of sp³-hybridized carbons (Fsp3) is 0.409. The lowest BCUT2D eigenvalue weighted by molar-refractivity contribution is 0.0282. The summed E-state index contributed by atoms with van der Waals surface area (Å²) in [4.78, 5) is 15.3. The second kappa shape index (κ2) is 8.29. The Morgan fingerprint density at radius 3 is 2.28 bits per heavy atom. The maximum atomic E-state index is 13.6. The van der Waals surface area contributed by atoms with Crippen molar-refractivity contribution in [1.29, 1.82) is 0 Å². The van der Waals surface area contributed by atoms with Gasteiger partial charge in [-0.3, -0.25) is 4.90 Å². The molecule has 1 N–H and O–H groups in total. The number of hydrogen-bond acceptors (Lipinski definition) is 3. The molecule has 0 radical (unpaired) electrons. The van der Waals surface area contributed by atoms with Gasteiger partial charge in [-0.25, -0.2) is 9.18 Å². The van der Waals surface area contributed by atoms with E-state index in [1.165, 1.54) is 17.0 Å². The second-order valence-corrected chi connectivity index (χ2v) is 11.4. The van der Waals surface area contributed by atoms with Gasteiger partial charge in [0.05, 0.1) is 6.04 Å². The van der Waals surface area contributed by atoms with Crippen LogP contribution in [0.5, 0.6) is 0 Å². The van der Waals surface area contributed by atoms with E-state index in [9.17, 15) is 18.9 Å². The van der Waals surface area contributed by atoms with Crippen LogP contribution >= 0.6 is 7.14 Å². The number of halogens is 1. The van der Waals surface area contributed by atoms with Gasteiger partial charge < -0.3 is 14.6 Å². The zero-order chi connectivity index (χ0) is 21.3. The van der Waals surface area contributed by atoms with E-state index < -0.39 is 13.2 Å². The number of carboxylic acid groups (broad SMARTS) is 1. The van der Waals surface area contributed by atoms with Crippen LogP contribution in [0, 0.1) is 5.82 Å². The number of benzene rings is 2. The van der Waals surface area contributed by atoms with Crippen molar-refractivity contribution in [3.8, 4) is 0 Å². The summed E-state index contributed by atoms with van der Waals surface area (Å²) in [5.74, 6) is -0.311. The van der Waals surface area contributed by atoms with Crippen molar-refractivity contribution >= 4 is 18.5 Å². The molecule has 2 aromatic rings. The highest BCUT2D eigenvalue weighted by molar-refractivity contribution is 7.70. The molecule has 1 aliphatic heterocycles. The van der Waals surface area contributed by atoms with Crippen molar-refractivity contribution in [3.63, 3.8) is 0 Å². The van der Waals surface area contributed by atoms with Crippen molar-refractivity contribution in [1.82, 2.24) is 9.80 Å². The molecule has 156 valence electrons. The summed E-state index contributed by atoms with van der Waals surface area (Å²) in [5, 5.41) is 10.3. The molecule has 0 bridgehead atoms. The molecule has 0 aromatic heterocycles. The summed E-state index contributed by atoms with van der Waals surface area (Å²) < 4.78 is 26.6. The molecule has 1 saturated heterocycles. The van der Waals surface area contributed by atoms with Crippen LogP contribution in [-0.4, -0.2) is 59.5 Å². The first-order valence-corrected chi connectivity index (χ1v) is 12.3. The molecular formula is C22H28FN2O3P. The largest absolute Gasteiger partial charge is 0.465 e. The summed E-state index contributed by atoms with van der Waals surface area (Å²) in [6.07, 6.45) is -0.922. The molecule has 1 unspecified atom stereocenters. The first kappa shape index (κ1) is 21.5. The van der Waals surface area contributed by atoms with Crippen LogP contribution in [0.25, 0.3) is 0 Å². The molecule has 3 atom stereocenters. The topological polar surface area (TPSA) is 60.9 Å². The average molecular weight is 418 g/mol. The Balaban J connectivity index is 2.12. The Bertz CT molecular complexity index is 928.